The molecule has 3 aromatic rings. The van der Waals surface area contributed by atoms with E-state index in [1.54, 1.807) is 6.08 Å². The van der Waals surface area contributed by atoms with Crippen LogP contribution in [0.5, 0.6) is 5.75 Å². The van der Waals surface area contributed by atoms with Crippen molar-refractivity contribution < 1.29 is 14.3 Å². The Hall–Kier alpha value is -2.18. The Balaban J connectivity index is 1.45. The number of benzene rings is 2. The molecule has 0 aliphatic rings. The standard InChI is InChI=1S/C18H14BrNO3S/c19-13-4-3-5-14(12-13)22-10-11-23-18(21)9-8-17-20-15-6-1-2-7-16(15)24-17/h1-9,12H,10-11H2. The minimum atomic E-state index is -0.410. The van der Waals surface area contributed by atoms with E-state index in [4.69, 9.17) is 9.47 Å². The van der Waals surface area contributed by atoms with E-state index in [1.165, 1.54) is 17.4 Å². The zero-order chi connectivity index (χ0) is 16.8. The number of halogens is 1. The monoisotopic (exact) mass is 403 g/mol. The van der Waals surface area contributed by atoms with Crippen LogP contribution in [-0.4, -0.2) is 24.2 Å². The number of carbonyl (C=O) groups is 1. The fourth-order valence-electron chi connectivity index (χ4n) is 2.01. The van der Waals surface area contributed by atoms with Gasteiger partial charge in [-0.2, -0.15) is 0 Å². The molecule has 0 N–H and O–H groups in total. The van der Waals surface area contributed by atoms with Crippen LogP contribution in [0.15, 0.2) is 59.1 Å². The van der Waals surface area contributed by atoms with Gasteiger partial charge >= 0.3 is 5.97 Å². The number of thiazole rings is 1. The molecule has 0 aliphatic heterocycles. The average molecular weight is 404 g/mol. The lowest BCUT2D eigenvalue weighted by atomic mass is 10.3. The molecule has 0 fully saturated rings. The minimum Gasteiger partial charge on any atom is -0.490 e. The molecule has 0 amide bonds. The van der Waals surface area contributed by atoms with Gasteiger partial charge in [-0.05, 0) is 36.4 Å². The van der Waals surface area contributed by atoms with Crippen LogP contribution in [-0.2, 0) is 9.53 Å². The lowest BCUT2D eigenvalue weighted by Gasteiger charge is -2.06. The summed E-state index contributed by atoms with van der Waals surface area (Å²) in [5.74, 6) is 0.317. The van der Waals surface area contributed by atoms with E-state index in [1.807, 2.05) is 48.5 Å². The second kappa shape index (κ2) is 8.08. The number of hydrogen-bond donors (Lipinski definition) is 0. The molecule has 0 saturated carbocycles. The van der Waals surface area contributed by atoms with Gasteiger partial charge < -0.3 is 9.47 Å². The van der Waals surface area contributed by atoms with Gasteiger partial charge in [-0.3, -0.25) is 0 Å². The van der Waals surface area contributed by atoms with E-state index < -0.39 is 5.97 Å². The van der Waals surface area contributed by atoms with Crippen molar-refractivity contribution in [2.24, 2.45) is 0 Å². The largest absolute Gasteiger partial charge is 0.490 e. The van der Waals surface area contributed by atoms with Gasteiger partial charge in [0.15, 0.2) is 0 Å². The number of esters is 1. The molecule has 24 heavy (non-hydrogen) atoms. The summed E-state index contributed by atoms with van der Waals surface area (Å²) in [6.45, 7) is 0.493. The van der Waals surface area contributed by atoms with Gasteiger partial charge in [-0.25, -0.2) is 9.78 Å². The number of aromatic nitrogens is 1. The Morgan fingerprint density at radius 1 is 1.17 bits per heavy atom. The highest BCUT2D eigenvalue weighted by Crippen LogP contribution is 2.22. The molecule has 122 valence electrons. The molecule has 0 unspecified atom stereocenters. The Bertz CT molecular complexity index is 842. The maximum atomic E-state index is 11.7. The number of rotatable bonds is 6. The van der Waals surface area contributed by atoms with E-state index in [9.17, 15) is 4.79 Å². The fourth-order valence-corrected chi connectivity index (χ4v) is 3.26. The normalized spacial score (nSPS) is 11.0. The predicted octanol–water partition coefficient (Wildman–Crippen LogP) is 4.69. The molecule has 2 aromatic carbocycles. The van der Waals surface area contributed by atoms with Crippen molar-refractivity contribution in [1.29, 1.82) is 0 Å². The van der Waals surface area contributed by atoms with Crippen LogP contribution in [0.25, 0.3) is 16.3 Å². The van der Waals surface area contributed by atoms with Crippen LogP contribution in [0.4, 0.5) is 0 Å². The third-order valence-corrected chi connectivity index (χ3v) is 4.56. The van der Waals surface area contributed by atoms with Crippen LogP contribution in [0.3, 0.4) is 0 Å². The van der Waals surface area contributed by atoms with E-state index in [0.29, 0.717) is 6.61 Å². The van der Waals surface area contributed by atoms with Gasteiger partial charge in [0.2, 0.25) is 0 Å². The molecular formula is C18H14BrNO3S. The molecular weight excluding hydrogens is 390 g/mol. The first-order chi connectivity index (χ1) is 11.7. The van der Waals surface area contributed by atoms with Crippen molar-refractivity contribution in [3.63, 3.8) is 0 Å². The van der Waals surface area contributed by atoms with Gasteiger partial charge in [0, 0.05) is 10.5 Å². The highest BCUT2D eigenvalue weighted by atomic mass is 79.9. The van der Waals surface area contributed by atoms with Gasteiger partial charge in [0.25, 0.3) is 0 Å². The molecule has 1 heterocycles. The van der Waals surface area contributed by atoms with Crippen molar-refractivity contribution in [1.82, 2.24) is 4.98 Å². The molecule has 0 saturated heterocycles. The number of para-hydroxylation sites is 1. The lowest BCUT2D eigenvalue weighted by molar-refractivity contribution is -0.138. The first-order valence-electron chi connectivity index (χ1n) is 7.29. The van der Waals surface area contributed by atoms with Crippen LogP contribution in [0.1, 0.15) is 5.01 Å². The molecule has 0 atom stereocenters. The first kappa shape index (κ1) is 16.7. The topological polar surface area (TPSA) is 48.4 Å². The van der Waals surface area contributed by atoms with Crippen molar-refractivity contribution in [2.45, 2.75) is 0 Å². The third-order valence-electron chi connectivity index (χ3n) is 3.06. The highest BCUT2D eigenvalue weighted by molar-refractivity contribution is 9.10. The molecule has 0 radical (unpaired) electrons. The smallest absolute Gasteiger partial charge is 0.330 e. The molecule has 6 heteroatoms. The lowest BCUT2D eigenvalue weighted by Crippen LogP contribution is -2.10. The fraction of sp³-hybridized carbons (Fsp3) is 0.111. The second-order valence-corrected chi connectivity index (χ2v) is 6.80. The van der Waals surface area contributed by atoms with Gasteiger partial charge in [0.05, 0.1) is 10.2 Å². The quantitative estimate of drug-likeness (QED) is 0.340. The summed E-state index contributed by atoms with van der Waals surface area (Å²) in [4.78, 5) is 16.1. The summed E-state index contributed by atoms with van der Waals surface area (Å²) in [7, 11) is 0. The maximum Gasteiger partial charge on any atom is 0.330 e. The molecule has 0 spiro atoms. The summed E-state index contributed by atoms with van der Waals surface area (Å²) < 4.78 is 12.6. The predicted molar refractivity (Wildman–Crippen MR) is 99.3 cm³/mol. The minimum absolute atomic E-state index is 0.190. The van der Waals surface area contributed by atoms with Crippen LogP contribution in [0, 0.1) is 0 Å². The highest BCUT2D eigenvalue weighted by Gasteiger charge is 2.02. The van der Waals surface area contributed by atoms with Crippen LogP contribution < -0.4 is 4.74 Å². The van der Waals surface area contributed by atoms with Crippen LogP contribution >= 0.6 is 27.3 Å². The van der Waals surface area contributed by atoms with Gasteiger partial charge in [-0.15, -0.1) is 11.3 Å². The molecule has 1 aromatic heterocycles. The summed E-state index contributed by atoms with van der Waals surface area (Å²) in [6.07, 6.45) is 3.05. The summed E-state index contributed by atoms with van der Waals surface area (Å²) in [5.41, 5.74) is 0.929. The van der Waals surface area contributed by atoms with Crippen LogP contribution in [0.2, 0.25) is 0 Å². The van der Waals surface area contributed by atoms with E-state index >= 15 is 0 Å². The first-order valence-corrected chi connectivity index (χ1v) is 8.90. The van der Waals surface area contributed by atoms with Crippen molar-refractivity contribution in [2.75, 3.05) is 13.2 Å². The number of fused-ring (bicyclic) bond motifs is 1. The Morgan fingerprint density at radius 3 is 2.88 bits per heavy atom. The number of hydrogen-bond acceptors (Lipinski definition) is 5. The van der Waals surface area contributed by atoms with E-state index in [-0.39, 0.29) is 6.61 Å². The summed E-state index contributed by atoms with van der Waals surface area (Å²) in [6, 6.07) is 15.4. The van der Waals surface area contributed by atoms with Crippen molar-refractivity contribution in [3.05, 3.63) is 64.1 Å². The SMILES string of the molecule is O=C(C=Cc1nc2ccccc2s1)OCCOc1cccc(Br)c1. The molecule has 0 aliphatic carbocycles. The molecule has 0 bridgehead atoms. The van der Waals surface area contributed by atoms with Crippen molar-refractivity contribution >= 4 is 49.5 Å². The Kier molecular flexibility index (Phi) is 5.61. The summed E-state index contributed by atoms with van der Waals surface area (Å²) >= 11 is 4.90. The zero-order valence-electron chi connectivity index (χ0n) is 12.6. The van der Waals surface area contributed by atoms with Gasteiger partial charge in [-0.1, -0.05) is 34.1 Å². The Labute approximate surface area is 151 Å². The molecule has 3 rings (SSSR count). The summed E-state index contributed by atoms with van der Waals surface area (Å²) in [5, 5.41) is 0.776. The average Bonchev–Trinajstić information content (AvgIpc) is 3.00. The van der Waals surface area contributed by atoms with Gasteiger partial charge in [0.1, 0.15) is 24.0 Å². The maximum absolute atomic E-state index is 11.7. The Morgan fingerprint density at radius 2 is 2.04 bits per heavy atom. The second-order valence-electron chi connectivity index (χ2n) is 4.83. The van der Waals surface area contributed by atoms with E-state index in [0.717, 1.165) is 25.4 Å². The number of carbonyl (C=O) groups excluding carboxylic acids is 1. The third kappa shape index (κ3) is 4.66. The van der Waals surface area contributed by atoms with Crippen molar-refractivity contribution in [3.8, 4) is 5.75 Å². The molecule has 4 nitrogen and oxygen atoms in total. The number of nitrogens with zero attached hydrogens (tertiary/aromatic N) is 1. The zero-order valence-corrected chi connectivity index (χ0v) is 15.0. The van der Waals surface area contributed by atoms with E-state index in [2.05, 4.69) is 20.9 Å². The number of ether oxygens (including phenoxy) is 2.